The maximum Gasteiger partial charge on any atom is 0.00440 e. The highest BCUT2D eigenvalue weighted by molar-refractivity contribution is 7.37. The smallest absolute Gasteiger partial charge is 0.00440 e. The van der Waals surface area contributed by atoms with Crippen molar-refractivity contribution >= 4 is 17.3 Å². The Morgan fingerprint density at radius 3 is 2.00 bits per heavy atom. The van der Waals surface area contributed by atoms with Crippen LogP contribution in [0.25, 0.3) is 0 Å². The average molecular weight is 433 g/mol. The number of rotatable bonds is 19. The highest BCUT2D eigenvalue weighted by atomic mass is 31.1. The summed E-state index contributed by atoms with van der Waals surface area (Å²) in [6, 6.07) is 0. The number of nitrogens with zero attached hydrogens (tertiary/aromatic N) is 1. The predicted octanol–water partition coefficient (Wildman–Crippen LogP) is 7.51. The highest BCUT2D eigenvalue weighted by Gasteiger charge is 2.15. The fourth-order valence-corrected chi connectivity index (χ4v) is 6.32. The molecule has 2 N–H and O–H groups in total. The Hall–Kier alpha value is 0.780. The van der Waals surface area contributed by atoms with Crippen LogP contribution in [0.3, 0.4) is 0 Å². The first-order valence-corrected chi connectivity index (χ1v) is 14.6. The Bertz CT molecular complexity index is 329. The van der Waals surface area contributed by atoms with E-state index in [1.54, 1.807) is 0 Å². The topological polar surface area (TPSA) is 29.3 Å². The summed E-state index contributed by atoms with van der Waals surface area (Å²) in [6.07, 6.45) is 18.3. The van der Waals surface area contributed by atoms with E-state index in [1.807, 2.05) is 0 Å². The van der Waals surface area contributed by atoms with Gasteiger partial charge in [-0.2, -0.15) is 0 Å². The second-order valence-corrected chi connectivity index (χ2v) is 14.0. The van der Waals surface area contributed by atoms with Gasteiger partial charge >= 0.3 is 0 Å². The molecular formula is C24H54N2P2. The van der Waals surface area contributed by atoms with Crippen LogP contribution in [0.15, 0.2) is 0 Å². The average Bonchev–Trinajstić information content (AvgIpc) is 2.57. The molecule has 0 aliphatic rings. The van der Waals surface area contributed by atoms with E-state index in [0.717, 1.165) is 26.9 Å². The molecule has 0 aromatic rings. The highest BCUT2D eigenvalue weighted by Crippen LogP contribution is 2.29. The van der Waals surface area contributed by atoms with Crippen LogP contribution in [0.4, 0.5) is 0 Å². The van der Waals surface area contributed by atoms with E-state index in [0.29, 0.717) is 5.41 Å². The van der Waals surface area contributed by atoms with Crippen LogP contribution < -0.4 is 5.73 Å². The van der Waals surface area contributed by atoms with Crippen LogP contribution in [0, 0.1) is 11.3 Å². The minimum Gasteiger partial charge on any atom is -0.330 e. The zero-order valence-electron chi connectivity index (χ0n) is 20.3. The number of unbranched alkanes of at least 4 members (excludes halogenated alkanes) is 5. The third-order valence-corrected chi connectivity index (χ3v) is 7.88. The van der Waals surface area contributed by atoms with Gasteiger partial charge in [-0.15, -0.1) is 8.58 Å². The predicted molar refractivity (Wildman–Crippen MR) is 137 cm³/mol. The van der Waals surface area contributed by atoms with E-state index in [2.05, 4.69) is 46.3 Å². The molecule has 0 rings (SSSR count). The van der Waals surface area contributed by atoms with Crippen molar-refractivity contribution in [2.45, 2.75) is 111 Å². The van der Waals surface area contributed by atoms with E-state index < -0.39 is 0 Å². The monoisotopic (exact) mass is 432 g/mol. The molecule has 3 unspecified atom stereocenters. The van der Waals surface area contributed by atoms with Gasteiger partial charge in [0, 0.05) is 6.54 Å². The van der Waals surface area contributed by atoms with Crippen molar-refractivity contribution in [2.75, 3.05) is 32.5 Å². The minimum absolute atomic E-state index is 0.488. The summed E-state index contributed by atoms with van der Waals surface area (Å²) in [5, 5.41) is 0. The summed E-state index contributed by atoms with van der Waals surface area (Å²) in [4.78, 5) is 0. The van der Waals surface area contributed by atoms with Gasteiger partial charge in [-0.3, -0.25) is 4.67 Å². The lowest BCUT2D eigenvalue weighted by atomic mass is 9.87. The molecule has 0 bridgehead atoms. The Kier molecular flexibility index (Phi) is 19.1. The Morgan fingerprint density at radius 2 is 1.39 bits per heavy atom. The summed E-state index contributed by atoms with van der Waals surface area (Å²) in [7, 11) is 4.52. The van der Waals surface area contributed by atoms with Crippen LogP contribution in [-0.2, 0) is 0 Å². The maximum atomic E-state index is 5.55. The molecule has 0 aromatic heterocycles. The van der Waals surface area contributed by atoms with Gasteiger partial charge in [0.25, 0.3) is 0 Å². The lowest BCUT2D eigenvalue weighted by Crippen LogP contribution is -2.21. The molecule has 0 aliphatic carbocycles. The van der Waals surface area contributed by atoms with Gasteiger partial charge in [-0.1, -0.05) is 66.7 Å². The molecule has 4 heteroatoms. The molecule has 0 saturated heterocycles. The third-order valence-electron chi connectivity index (χ3n) is 5.32. The summed E-state index contributed by atoms with van der Waals surface area (Å²) in [5.74, 6) is 0.908. The van der Waals surface area contributed by atoms with E-state index in [9.17, 15) is 0 Å². The number of nitrogens with two attached hydrogens (primary N) is 1. The normalized spacial score (nSPS) is 14.5. The van der Waals surface area contributed by atoms with E-state index in [1.165, 1.54) is 98.1 Å². The summed E-state index contributed by atoms with van der Waals surface area (Å²) in [5.41, 5.74) is 6.84. The van der Waals surface area contributed by atoms with Crippen molar-refractivity contribution in [1.29, 1.82) is 0 Å². The zero-order valence-corrected chi connectivity index (χ0v) is 22.3. The maximum absolute atomic E-state index is 5.55. The number of hydrogen-bond donors (Lipinski definition) is 1. The van der Waals surface area contributed by atoms with Crippen molar-refractivity contribution < 1.29 is 0 Å². The molecule has 3 atom stereocenters. The first-order valence-electron chi connectivity index (χ1n) is 12.1. The van der Waals surface area contributed by atoms with E-state index in [-0.39, 0.29) is 0 Å². The molecule has 0 spiro atoms. The van der Waals surface area contributed by atoms with Crippen LogP contribution in [0.2, 0.25) is 0 Å². The second kappa shape index (κ2) is 18.5. The van der Waals surface area contributed by atoms with Crippen LogP contribution in [-0.4, -0.2) is 42.8 Å². The minimum atomic E-state index is 0.488. The molecule has 0 aliphatic heterocycles. The van der Waals surface area contributed by atoms with Crippen molar-refractivity contribution in [3.8, 4) is 0 Å². The van der Waals surface area contributed by atoms with Crippen LogP contribution in [0.5, 0.6) is 0 Å². The SMILES string of the molecule is CC(C)PN(C)CC(CCCPCCCCCCCCN)CCCC(C)(C)C. The molecule has 0 radical (unpaired) electrons. The van der Waals surface area contributed by atoms with E-state index >= 15 is 0 Å². The Balaban J connectivity index is 3.90. The molecule has 170 valence electrons. The van der Waals surface area contributed by atoms with Crippen LogP contribution in [0.1, 0.15) is 105 Å². The molecular weight excluding hydrogens is 378 g/mol. The first-order chi connectivity index (χ1) is 13.2. The molecule has 0 amide bonds. The summed E-state index contributed by atoms with van der Waals surface area (Å²) >= 11 is 0. The molecule has 28 heavy (non-hydrogen) atoms. The molecule has 0 heterocycles. The summed E-state index contributed by atoms with van der Waals surface area (Å²) < 4.78 is 2.61. The number of hydrogen-bond acceptors (Lipinski definition) is 2. The van der Waals surface area contributed by atoms with Crippen molar-refractivity contribution in [3.05, 3.63) is 0 Å². The van der Waals surface area contributed by atoms with Gasteiger partial charge in [0.1, 0.15) is 0 Å². The van der Waals surface area contributed by atoms with Crippen LogP contribution >= 0.6 is 17.3 Å². The fraction of sp³-hybridized carbons (Fsp3) is 1.00. The van der Waals surface area contributed by atoms with Gasteiger partial charge in [0.2, 0.25) is 0 Å². The van der Waals surface area contributed by atoms with Gasteiger partial charge in [0.05, 0.1) is 0 Å². The fourth-order valence-electron chi connectivity index (χ4n) is 3.87. The third kappa shape index (κ3) is 21.5. The standard InChI is InChI=1S/C24H54N2P2/c1-22(2)28-26(6)21-23(15-13-17-24(3,4)5)16-14-20-27-19-12-10-8-7-9-11-18-25/h22-23,27-28H,7-21,25H2,1-6H3. The van der Waals surface area contributed by atoms with Gasteiger partial charge < -0.3 is 5.73 Å². The van der Waals surface area contributed by atoms with Crippen molar-refractivity contribution in [1.82, 2.24) is 4.67 Å². The lowest BCUT2D eigenvalue weighted by Gasteiger charge is -2.26. The van der Waals surface area contributed by atoms with E-state index in [4.69, 9.17) is 5.73 Å². The zero-order chi connectivity index (χ0) is 21.3. The largest absolute Gasteiger partial charge is 0.330 e. The molecule has 0 fully saturated rings. The van der Waals surface area contributed by atoms with Crippen molar-refractivity contribution in [3.63, 3.8) is 0 Å². The Morgan fingerprint density at radius 1 is 0.821 bits per heavy atom. The molecule has 2 nitrogen and oxygen atoms in total. The molecule has 0 aromatic carbocycles. The second-order valence-electron chi connectivity index (χ2n) is 10.3. The lowest BCUT2D eigenvalue weighted by molar-refractivity contribution is 0.308. The summed E-state index contributed by atoms with van der Waals surface area (Å²) in [6.45, 7) is 14.0. The van der Waals surface area contributed by atoms with Crippen molar-refractivity contribution in [2.24, 2.45) is 17.1 Å². The van der Waals surface area contributed by atoms with Gasteiger partial charge in [0.15, 0.2) is 0 Å². The first kappa shape index (κ1) is 28.8. The van der Waals surface area contributed by atoms with Gasteiger partial charge in [-0.25, -0.2) is 0 Å². The van der Waals surface area contributed by atoms with Gasteiger partial charge in [-0.05, 0) is 90.2 Å². The quantitative estimate of drug-likeness (QED) is 0.169. The Labute approximate surface area is 182 Å². The molecule has 0 saturated carbocycles.